The van der Waals surface area contributed by atoms with E-state index in [0.717, 1.165) is 5.56 Å². The monoisotopic (exact) mass is 165 g/mol. The molecule has 0 fully saturated rings. The first kappa shape index (κ1) is 8.59. The molecule has 0 heterocycles. The summed E-state index contributed by atoms with van der Waals surface area (Å²) < 4.78 is 4.25. The van der Waals surface area contributed by atoms with Gasteiger partial charge in [0.05, 0.1) is 6.61 Å². The molecule has 3 nitrogen and oxygen atoms in total. The molecule has 1 rings (SSSR count). The topological polar surface area (TPSA) is 46.2 Å². The number of carbonyl (C=O) groups is 1. The average Bonchev–Trinajstić information content (AvgIpc) is 2.05. The second kappa shape index (κ2) is 4.38. The van der Waals surface area contributed by atoms with E-state index in [0.29, 0.717) is 6.42 Å². The van der Waals surface area contributed by atoms with Crippen molar-refractivity contribution in [3.05, 3.63) is 35.9 Å². The quantitative estimate of drug-likeness (QED) is 0.641. The fourth-order valence-corrected chi connectivity index (χ4v) is 0.897. The maximum Gasteiger partial charge on any atom is 0.550 e. The van der Waals surface area contributed by atoms with Gasteiger partial charge in [0.1, 0.15) is 0 Å². The molecular formula is C9H9O3. The zero-order valence-electron chi connectivity index (χ0n) is 6.53. The van der Waals surface area contributed by atoms with E-state index < -0.39 is 6.16 Å². The normalized spacial score (nSPS) is 9.33. The number of hydrogen-bond donors (Lipinski definition) is 0. The maximum absolute atomic E-state index is 9.86. The fourth-order valence-electron chi connectivity index (χ4n) is 0.897. The molecule has 0 aliphatic heterocycles. The van der Waals surface area contributed by atoms with Crippen molar-refractivity contribution in [3.63, 3.8) is 0 Å². The first-order valence-electron chi connectivity index (χ1n) is 3.67. The molecule has 0 amide bonds. The highest BCUT2D eigenvalue weighted by molar-refractivity contribution is 5.56. The van der Waals surface area contributed by atoms with Crippen molar-refractivity contribution in [1.82, 2.24) is 0 Å². The third-order valence-corrected chi connectivity index (χ3v) is 1.45. The van der Waals surface area contributed by atoms with Crippen molar-refractivity contribution in [1.29, 1.82) is 0 Å². The maximum atomic E-state index is 9.86. The number of benzene rings is 1. The molecule has 0 aromatic heterocycles. The summed E-state index contributed by atoms with van der Waals surface area (Å²) in [4.78, 5) is 9.86. The second-order valence-electron chi connectivity index (χ2n) is 2.33. The van der Waals surface area contributed by atoms with E-state index in [2.05, 4.69) is 4.74 Å². The Bertz CT molecular complexity index is 243. The van der Waals surface area contributed by atoms with E-state index in [-0.39, 0.29) is 6.61 Å². The Morgan fingerprint density at radius 2 is 1.92 bits per heavy atom. The largest absolute Gasteiger partial charge is 0.550 e. The Kier molecular flexibility index (Phi) is 3.14. The smallest absolute Gasteiger partial charge is 0.431 e. The van der Waals surface area contributed by atoms with E-state index >= 15 is 0 Å². The van der Waals surface area contributed by atoms with Crippen molar-refractivity contribution in [3.8, 4) is 0 Å². The summed E-state index contributed by atoms with van der Waals surface area (Å²) in [6.45, 7) is 0.159. The lowest BCUT2D eigenvalue weighted by Gasteiger charge is -1.98. The standard InChI is InChI=1S/C9H9O3/c10-9(11)12-7-6-8-4-2-1-3-5-8/h1-5H,6-7H2. The van der Waals surface area contributed by atoms with Gasteiger partial charge in [-0.25, -0.2) is 0 Å². The molecule has 0 atom stereocenters. The average molecular weight is 165 g/mol. The van der Waals surface area contributed by atoms with Crippen LogP contribution in [0.5, 0.6) is 0 Å². The third-order valence-electron chi connectivity index (χ3n) is 1.45. The van der Waals surface area contributed by atoms with E-state index in [4.69, 9.17) is 0 Å². The summed E-state index contributed by atoms with van der Waals surface area (Å²) in [6.07, 6.45) is -0.875. The first-order valence-corrected chi connectivity index (χ1v) is 3.67. The molecule has 0 saturated heterocycles. The molecule has 0 unspecified atom stereocenters. The summed E-state index contributed by atoms with van der Waals surface area (Å²) in [7, 11) is 0. The lowest BCUT2D eigenvalue weighted by molar-refractivity contribution is 0.0688. The highest BCUT2D eigenvalue weighted by atomic mass is 16.7. The van der Waals surface area contributed by atoms with Gasteiger partial charge in [0.15, 0.2) is 0 Å². The fraction of sp³-hybridized carbons (Fsp3) is 0.222. The molecule has 0 aliphatic rings. The zero-order valence-corrected chi connectivity index (χ0v) is 6.53. The van der Waals surface area contributed by atoms with Crippen LogP contribution in [0.2, 0.25) is 0 Å². The van der Waals surface area contributed by atoms with Crippen molar-refractivity contribution >= 4 is 6.16 Å². The van der Waals surface area contributed by atoms with E-state index in [1.165, 1.54) is 0 Å². The zero-order chi connectivity index (χ0) is 8.81. The van der Waals surface area contributed by atoms with Gasteiger partial charge < -0.3 is 4.74 Å². The number of ether oxygens (including phenoxy) is 1. The number of hydrogen-bond acceptors (Lipinski definition) is 2. The van der Waals surface area contributed by atoms with Gasteiger partial charge in [0, 0.05) is 6.42 Å². The summed E-state index contributed by atoms with van der Waals surface area (Å²) in [5.74, 6) is 0. The summed E-state index contributed by atoms with van der Waals surface area (Å²) in [5.41, 5.74) is 1.05. The van der Waals surface area contributed by atoms with Crippen LogP contribution in [0, 0.1) is 0 Å². The highest BCUT2D eigenvalue weighted by Gasteiger charge is 1.98. The number of rotatable bonds is 3. The van der Waals surface area contributed by atoms with Crippen molar-refractivity contribution in [2.45, 2.75) is 6.42 Å². The van der Waals surface area contributed by atoms with Crippen molar-refractivity contribution in [2.24, 2.45) is 0 Å². The van der Waals surface area contributed by atoms with Crippen LogP contribution in [0.3, 0.4) is 0 Å². The van der Waals surface area contributed by atoms with E-state index in [1.807, 2.05) is 30.3 Å². The molecule has 0 aliphatic carbocycles. The van der Waals surface area contributed by atoms with Crippen LogP contribution >= 0.6 is 0 Å². The molecule has 1 aromatic rings. The van der Waals surface area contributed by atoms with Gasteiger partial charge in [-0.05, 0) is 5.56 Å². The molecule has 63 valence electrons. The Hall–Kier alpha value is -1.51. The SMILES string of the molecule is [O]C(=O)OCCc1ccccc1. The highest BCUT2D eigenvalue weighted by Crippen LogP contribution is 1.99. The second-order valence-corrected chi connectivity index (χ2v) is 2.33. The minimum atomic E-state index is -1.47. The Balaban J connectivity index is 2.29. The molecule has 0 N–H and O–H groups in total. The third kappa shape index (κ3) is 3.05. The van der Waals surface area contributed by atoms with Crippen LogP contribution in [0.1, 0.15) is 5.56 Å². The van der Waals surface area contributed by atoms with Crippen LogP contribution in [-0.2, 0) is 16.3 Å². The van der Waals surface area contributed by atoms with E-state index in [9.17, 15) is 9.90 Å². The Morgan fingerprint density at radius 1 is 1.25 bits per heavy atom. The van der Waals surface area contributed by atoms with Gasteiger partial charge in [-0.2, -0.15) is 9.90 Å². The van der Waals surface area contributed by atoms with Crippen LogP contribution in [0.25, 0.3) is 0 Å². The predicted molar refractivity (Wildman–Crippen MR) is 42.2 cm³/mol. The summed E-state index contributed by atoms with van der Waals surface area (Å²) >= 11 is 0. The van der Waals surface area contributed by atoms with Gasteiger partial charge >= 0.3 is 6.16 Å². The minimum absolute atomic E-state index is 0.159. The van der Waals surface area contributed by atoms with Crippen LogP contribution in [-0.4, -0.2) is 12.8 Å². The van der Waals surface area contributed by atoms with Gasteiger partial charge in [0.25, 0.3) is 0 Å². The van der Waals surface area contributed by atoms with E-state index in [1.54, 1.807) is 0 Å². The molecule has 0 spiro atoms. The molecule has 1 aromatic carbocycles. The molecular weight excluding hydrogens is 156 g/mol. The molecule has 12 heavy (non-hydrogen) atoms. The summed E-state index contributed by atoms with van der Waals surface area (Å²) in [5, 5.41) is 9.86. The molecule has 3 heteroatoms. The lowest BCUT2D eigenvalue weighted by Crippen LogP contribution is -2.02. The van der Waals surface area contributed by atoms with Crippen molar-refractivity contribution in [2.75, 3.05) is 6.61 Å². The summed E-state index contributed by atoms with van der Waals surface area (Å²) in [6, 6.07) is 9.53. The number of carbonyl (C=O) groups excluding carboxylic acids is 1. The lowest BCUT2D eigenvalue weighted by atomic mass is 10.2. The van der Waals surface area contributed by atoms with Gasteiger partial charge in [-0.1, -0.05) is 30.3 Å². The Labute approximate surface area is 70.6 Å². The molecule has 1 radical (unpaired) electrons. The van der Waals surface area contributed by atoms with Gasteiger partial charge in [-0.15, -0.1) is 0 Å². The van der Waals surface area contributed by atoms with Crippen LogP contribution in [0.15, 0.2) is 30.3 Å². The van der Waals surface area contributed by atoms with Crippen LogP contribution in [0.4, 0.5) is 4.79 Å². The predicted octanol–water partition coefficient (Wildman–Crippen LogP) is 1.80. The Morgan fingerprint density at radius 3 is 2.50 bits per heavy atom. The molecule has 0 bridgehead atoms. The van der Waals surface area contributed by atoms with Crippen LogP contribution < -0.4 is 0 Å². The first-order chi connectivity index (χ1) is 5.79. The van der Waals surface area contributed by atoms with Gasteiger partial charge in [0.2, 0.25) is 0 Å². The minimum Gasteiger partial charge on any atom is -0.431 e. The molecule has 0 saturated carbocycles. The van der Waals surface area contributed by atoms with Crippen molar-refractivity contribution < 1.29 is 14.6 Å². The van der Waals surface area contributed by atoms with Gasteiger partial charge in [-0.3, -0.25) is 0 Å².